The van der Waals surface area contributed by atoms with E-state index in [9.17, 15) is 18.3 Å². The zero-order chi connectivity index (χ0) is 21.6. The van der Waals surface area contributed by atoms with Gasteiger partial charge in [-0.1, -0.05) is 74.0 Å². The normalized spacial score (nSPS) is 11.2. The zero-order valence-electron chi connectivity index (χ0n) is 16.9. The number of carbonyl (C=O) groups is 1. The minimum atomic E-state index is -3.46. The molecule has 0 radical (unpaired) electrons. The Morgan fingerprint density at radius 2 is 1.53 bits per heavy atom. The molecule has 0 fully saturated rings. The number of sulfonamides is 1. The molecule has 3 aromatic rings. The zero-order valence-corrected chi connectivity index (χ0v) is 17.7. The van der Waals surface area contributed by atoms with E-state index in [1.54, 1.807) is 36.4 Å². The van der Waals surface area contributed by atoms with Crippen LogP contribution in [0.25, 0.3) is 11.1 Å². The number of aromatic carboxylic acids is 1. The Balaban J connectivity index is 1.90. The molecule has 3 aromatic carbocycles. The molecule has 3 rings (SSSR count). The van der Waals surface area contributed by atoms with Crippen molar-refractivity contribution >= 4 is 21.7 Å². The smallest absolute Gasteiger partial charge is 0.336 e. The number of carboxylic acids is 1. The SMILES string of the molecule is CCCCS(=O)(=O)N(Cc1ccc(-c2ccccc2C(=O)O)cc1)c1ccccc1. The third kappa shape index (κ3) is 5.07. The highest BCUT2D eigenvalue weighted by Gasteiger charge is 2.22. The Kier molecular flexibility index (Phi) is 6.90. The van der Waals surface area contributed by atoms with E-state index in [1.807, 2.05) is 49.4 Å². The Hall–Kier alpha value is -3.12. The Bertz CT molecular complexity index is 1090. The molecular formula is C24H25NO4S. The van der Waals surface area contributed by atoms with E-state index in [2.05, 4.69) is 0 Å². The van der Waals surface area contributed by atoms with E-state index < -0.39 is 16.0 Å². The van der Waals surface area contributed by atoms with Crippen molar-refractivity contribution in [2.75, 3.05) is 10.1 Å². The van der Waals surface area contributed by atoms with Gasteiger partial charge >= 0.3 is 5.97 Å². The van der Waals surface area contributed by atoms with Gasteiger partial charge in [0, 0.05) is 0 Å². The second-order valence-corrected chi connectivity index (χ2v) is 9.07. The van der Waals surface area contributed by atoms with Crippen molar-refractivity contribution in [3.8, 4) is 11.1 Å². The number of anilines is 1. The molecular weight excluding hydrogens is 398 g/mol. The lowest BCUT2D eigenvalue weighted by molar-refractivity contribution is 0.0697. The number of hydrogen-bond acceptors (Lipinski definition) is 3. The highest BCUT2D eigenvalue weighted by molar-refractivity contribution is 7.92. The number of carboxylic acid groups (broad SMARTS) is 1. The van der Waals surface area contributed by atoms with Crippen LogP contribution in [0.3, 0.4) is 0 Å². The third-order valence-corrected chi connectivity index (χ3v) is 6.70. The standard InChI is InChI=1S/C24H25NO4S/c1-2-3-17-30(28,29)25(21-9-5-4-6-10-21)18-19-13-15-20(16-14-19)22-11-7-8-12-23(22)24(26)27/h4-16H,2-3,17-18H2,1H3,(H,26,27). The molecule has 0 spiro atoms. The molecule has 0 unspecified atom stereocenters. The summed E-state index contributed by atoms with van der Waals surface area (Å²) in [4.78, 5) is 11.5. The quantitative estimate of drug-likeness (QED) is 0.514. The lowest BCUT2D eigenvalue weighted by Gasteiger charge is -2.24. The van der Waals surface area contributed by atoms with Crippen molar-refractivity contribution in [1.29, 1.82) is 0 Å². The van der Waals surface area contributed by atoms with Gasteiger partial charge in [0.25, 0.3) is 0 Å². The van der Waals surface area contributed by atoms with Crippen LogP contribution in [0.1, 0.15) is 35.7 Å². The lowest BCUT2D eigenvalue weighted by atomic mass is 9.99. The molecule has 0 aliphatic heterocycles. The van der Waals surface area contributed by atoms with Gasteiger partial charge in [0.2, 0.25) is 10.0 Å². The predicted octanol–water partition coefficient (Wildman–Crippen LogP) is 5.19. The van der Waals surface area contributed by atoms with Gasteiger partial charge in [0.1, 0.15) is 0 Å². The van der Waals surface area contributed by atoms with E-state index in [0.29, 0.717) is 17.7 Å². The van der Waals surface area contributed by atoms with Crippen LogP contribution in [-0.2, 0) is 16.6 Å². The summed E-state index contributed by atoms with van der Waals surface area (Å²) in [7, 11) is -3.46. The minimum absolute atomic E-state index is 0.0997. The Morgan fingerprint density at radius 1 is 0.900 bits per heavy atom. The summed E-state index contributed by atoms with van der Waals surface area (Å²) in [6.45, 7) is 2.19. The molecule has 6 heteroatoms. The first kappa shape index (κ1) is 21.6. The molecule has 0 aliphatic carbocycles. The van der Waals surface area contributed by atoms with E-state index in [0.717, 1.165) is 17.5 Å². The van der Waals surface area contributed by atoms with Crippen LogP contribution in [0, 0.1) is 0 Å². The maximum Gasteiger partial charge on any atom is 0.336 e. The van der Waals surface area contributed by atoms with E-state index in [1.165, 1.54) is 4.31 Å². The molecule has 0 atom stereocenters. The number of nitrogens with zero attached hydrogens (tertiary/aromatic N) is 1. The minimum Gasteiger partial charge on any atom is -0.478 e. The molecule has 1 N–H and O–H groups in total. The van der Waals surface area contributed by atoms with Crippen LogP contribution in [0.2, 0.25) is 0 Å². The molecule has 0 saturated carbocycles. The van der Waals surface area contributed by atoms with Crippen LogP contribution >= 0.6 is 0 Å². The molecule has 5 nitrogen and oxygen atoms in total. The van der Waals surface area contributed by atoms with Crippen molar-refractivity contribution in [1.82, 2.24) is 0 Å². The summed E-state index contributed by atoms with van der Waals surface area (Å²) in [5.41, 5.74) is 3.10. The first-order chi connectivity index (χ1) is 14.4. The first-order valence-corrected chi connectivity index (χ1v) is 11.5. The average molecular weight is 424 g/mol. The van der Waals surface area contributed by atoms with Crippen molar-refractivity contribution in [2.45, 2.75) is 26.3 Å². The van der Waals surface area contributed by atoms with Gasteiger partial charge in [-0.3, -0.25) is 4.31 Å². The van der Waals surface area contributed by atoms with Crippen LogP contribution in [-0.4, -0.2) is 25.2 Å². The molecule has 0 amide bonds. The molecule has 156 valence electrons. The molecule has 0 aliphatic rings. The summed E-state index contributed by atoms with van der Waals surface area (Å²) in [6, 6.07) is 23.3. The summed E-state index contributed by atoms with van der Waals surface area (Å²) < 4.78 is 27.4. The lowest BCUT2D eigenvalue weighted by Crippen LogP contribution is -2.32. The van der Waals surface area contributed by atoms with Gasteiger partial charge in [0.05, 0.1) is 23.5 Å². The second-order valence-electron chi connectivity index (χ2n) is 7.06. The maximum atomic E-state index is 13.0. The average Bonchev–Trinajstić information content (AvgIpc) is 2.77. The van der Waals surface area contributed by atoms with Crippen LogP contribution in [0.15, 0.2) is 78.9 Å². The molecule has 0 saturated heterocycles. The fraction of sp³-hybridized carbons (Fsp3) is 0.208. The number of rotatable bonds is 9. The van der Waals surface area contributed by atoms with Crippen molar-refractivity contribution < 1.29 is 18.3 Å². The highest BCUT2D eigenvalue weighted by Crippen LogP contribution is 2.26. The summed E-state index contributed by atoms with van der Waals surface area (Å²) in [5.74, 6) is -0.880. The van der Waals surface area contributed by atoms with Crippen LogP contribution < -0.4 is 4.31 Å². The van der Waals surface area contributed by atoms with Gasteiger partial charge in [-0.25, -0.2) is 13.2 Å². The molecule has 0 heterocycles. The number of hydrogen-bond donors (Lipinski definition) is 1. The van der Waals surface area contributed by atoms with Gasteiger partial charge in [-0.2, -0.15) is 0 Å². The van der Waals surface area contributed by atoms with E-state index in [4.69, 9.17) is 0 Å². The molecule has 30 heavy (non-hydrogen) atoms. The molecule has 0 bridgehead atoms. The van der Waals surface area contributed by atoms with Crippen LogP contribution in [0.4, 0.5) is 5.69 Å². The molecule has 0 aromatic heterocycles. The first-order valence-electron chi connectivity index (χ1n) is 9.89. The largest absolute Gasteiger partial charge is 0.478 e. The van der Waals surface area contributed by atoms with Gasteiger partial charge < -0.3 is 5.11 Å². The van der Waals surface area contributed by atoms with Crippen molar-refractivity contribution in [2.24, 2.45) is 0 Å². The monoisotopic (exact) mass is 423 g/mol. The van der Waals surface area contributed by atoms with Crippen LogP contribution in [0.5, 0.6) is 0 Å². The van der Waals surface area contributed by atoms with E-state index >= 15 is 0 Å². The Morgan fingerprint density at radius 3 is 2.17 bits per heavy atom. The Labute approximate surface area is 177 Å². The highest BCUT2D eigenvalue weighted by atomic mass is 32.2. The summed E-state index contributed by atoms with van der Waals surface area (Å²) in [5, 5.41) is 9.41. The third-order valence-electron chi connectivity index (χ3n) is 4.88. The van der Waals surface area contributed by atoms with Gasteiger partial charge in [-0.15, -0.1) is 0 Å². The van der Waals surface area contributed by atoms with Gasteiger partial charge in [0.15, 0.2) is 0 Å². The van der Waals surface area contributed by atoms with E-state index in [-0.39, 0.29) is 17.9 Å². The second kappa shape index (κ2) is 9.59. The number of para-hydroxylation sites is 1. The fourth-order valence-corrected chi connectivity index (χ4v) is 4.92. The maximum absolute atomic E-state index is 13.0. The van der Waals surface area contributed by atoms with Crippen molar-refractivity contribution in [3.63, 3.8) is 0 Å². The summed E-state index contributed by atoms with van der Waals surface area (Å²) >= 11 is 0. The number of benzene rings is 3. The topological polar surface area (TPSA) is 74.7 Å². The van der Waals surface area contributed by atoms with Crippen molar-refractivity contribution in [3.05, 3.63) is 90.0 Å². The van der Waals surface area contributed by atoms with Gasteiger partial charge in [-0.05, 0) is 41.3 Å². The fourth-order valence-electron chi connectivity index (χ4n) is 3.26. The number of unbranched alkanes of at least 4 members (excludes halogenated alkanes) is 1. The predicted molar refractivity (Wildman–Crippen MR) is 120 cm³/mol. The summed E-state index contributed by atoms with van der Waals surface area (Å²) in [6.07, 6.45) is 1.41.